The molecule has 3 rings (SSSR count). The SMILES string of the molecule is COCCOc1ccc(S(=O)(=O)N2CCN(c3ccccc3OC)CC2)cc1. The molecule has 0 radical (unpaired) electrons. The van der Waals surface area contributed by atoms with E-state index in [1.54, 1.807) is 38.5 Å². The summed E-state index contributed by atoms with van der Waals surface area (Å²) in [5, 5.41) is 0. The molecule has 0 bridgehead atoms. The van der Waals surface area contributed by atoms with Gasteiger partial charge in [0.1, 0.15) is 18.1 Å². The van der Waals surface area contributed by atoms with Gasteiger partial charge in [0.15, 0.2) is 0 Å². The second-order valence-electron chi connectivity index (χ2n) is 6.38. The Morgan fingerprint density at radius 1 is 0.893 bits per heavy atom. The normalized spacial score (nSPS) is 15.4. The predicted octanol–water partition coefficient (Wildman–Crippen LogP) is 2.23. The van der Waals surface area contributed by atoms with Gasteiger partial charge in [-0.25, -0.2) is 8.42 Å². The quantitative estimate of drug-likeness (QED) is 0.627. The highest BCUT2D eigenvalue weighted by Gasteiger charge is 2.29. The van der Waals surface area contributed by atoms with Crippen LogP contribution in [0.5, 0.6) is 11.5 Å². The fraction of sp³-hybridized carbons (Fsp3) is 0.400. The zero-order valence-electron chi connectivity index (χ0n) is 16.2. The summed E-state index contributed by atoms with van der Waals surface area (Å²) in [5.41, 5.74) is 0.986. The predicted molar refractivity (Wildman–Crippen MR) is 108 cm³/mol. The molecule has 1 fully saturated rings. The minimum atomic E-state index is -3.53. The van der Waals surface area contributed by atoms with Gasteiger partial charge >= 0.3 is 0 Å². The van der Waals surface area contributed by atoms with Crippen LogP contribution in [-0.2, 0) is 14.8 Å². The van der Waals surface area contributed by atoms with Gasteiger partial charge in [-0.1, -0.05) is 12.1 Å². The first-order chi connectivity index (χ1) is 13.6. The first kappa shape index (κ1) is 20.4. The van der Waals surface area contributed by atoms with Gasteiger partial charge in [0.25, 0.3) is 0 Å². The summed E-state index contributed by atoms with van der Waals surface area (Å²) in [6, 6.07) is 14.3. The van der Waals surface area contributed by atoms with E-state index in [1.807, 2.05) is 24.3 Å². The minimum absolute atomic E-state index is 0.275. The van der Waals surface area contributed by atoms with Crippen LogP contribution in [0.2, 0.25) is 0 Å². The lowest BCUT2D eigenvalue weighted by Crippen LogP contribution is -2.48. The van der Waals surface area contributed by atoms with Crippen molar-refractivity contribution < 1.29 is 22.6 Å². The van der Waals surface area contributed by atoms with Gasteiger partial charge in [0, 0.05) is 33.3 Å². The highest BCUT2D eigenvalue weighted by Crippen LogP contribution is 2.29. The Kier molecular flexibility index (Phi) is 6.77. The summed E-state index contributed by atoms with van der Waals surface area (Å²) < 4.78 is 43.3. The molecule has 0 atom stereocenters. The van der Waals surface area contributed by atoms with Crippen LogP contribution >= 0.6 is 0 Å². The first-order valence-corrected chi connectivity index (χ1v) is 10.6. The summed E-state index contributed by atoms with van der Waals surface area (Å²) >= 11 is 0. The molecule has 1 aliphatic heterocycles. The summed E-state index contributed by atoms with van der Waals surface area (Å²) in [6.45, 7) is 2.97. The van der Waals surface area contributed by atoms with Gasteiger partial charge in [-0.3, -0.25) is 0 Å². The van der Waals surface area contributed by atoms with Crippen LogP contribution in [0, 0.1) is 0 Å². The van der Waals surface area contributed by atoms with E-state index in [1.165, 1.54) is 4.31 Å². The third kappa shape index (κ3) is 4.57. The average Bonchev–Trinajstić information content (AvgIpc) is 2.74. The molecule has 2 aromatic rings. The van der Waals surface area contributed by atoms with E-state index < -0.39 is 10.0 Å². The summed E-state index contributed by atoms with van der Waals surface area (Å²) in [5.74, 6) is 1.42. The second kappa shape index (κ2) is 9.27. The Bertz CT molecular complexity index is 862. The largest absolute Gasteiger partial charge is 0.495 e. The standard InChI is InChI=1S/C20H26N2O5S/c1-25-15-16-27-17-7-9-18(10-8-17)28(23,24)22-13-11-21(12-14-22)19-5-3-4-6-20(19)26-2/h3-10H,11-16H2,1-2H3. The first-order valence-electron chi connectivity index (χ1n) is 9.16. The maximum atomic E-state index is 12.9. The molecule has 1 saturated heterocycles. The number of ether oxygens (including phenoxy) is 3. The number of para-hydroxylation sites is 2. The van der Waals surface area contributed by atoms with Crippen molar-refractivity contribution in [3.8, 4) is 11.5 Å². The van der Waals surface area contributed by atoms with E-state index in [-0.39, 0.29) is 4.90 Å². The van der Waals surface area contributed by atoms with Crippen LogP contribution in [0.4, 0.5) is 5.69 Å². The lowest BCUT2D eigenvalue weighted by atomic mass is 10.2. The fourth-order valence-electron chi connectivity index (χ4n) is 3.16. The molecule has 0 aliphatic carbocycles. The minimum Gasteiger partial charge on any atom is -0.495 e. The molecular weight excluding hydrogens is 380 g/mol. The number of sulfonamides is 1. The number of benzene rings is 2. The third-order valence-corrected chi connectivity index (χ3v) is 6.60. The van der Waals surface area contributed by atoms with Crippen molar-refractivity contribution in [1.82, 2.24) is 4.31 Å². The average molecular weight is 407 g/mol. The topological polar surface area (TPSA) is 68.3 Å². The molecule has 1 aliphatic rings. The molecule has 0 saturated carbocycles. The maximum absolute atomic E-state index is 12.9. The molecule has 2 aromatic carbocycles. The Morgan fingerprint density at radius 2 is 1.57 bits per heavy atom. The van der Waals surface area contributed by atoms with Crippen LogP contribution in [0.25, 0.3) is 0 Å². The summed E-state index contributed by atoms with van der Waals surface area (Å²) in [7, 11) is -0.285. The van der Waals surface area contributed by atoms with Crippen LogP contribution in [0.3, 0.4) is 0 Å². The Hall–Kier alpha value is -2.29. The van der Waals surface area contributed by atoms with E-state index in [9.17, 15) is 8.42 Å². The third-order valence-electron chi connectivity index (χ3n) is 4.68. The zero-order valence-corrected chi connectivity index (χ0v) is 17.0. The molecule has 0 N–H and O–H groups in total. The van der Waals surface area contributed by atoms with E-state index in [2.05, 4.69) is 4.90 Å². The number of nitrogens with zero attached hydrogens (tertiary/aromatic N) is 2. The number of hydrogen-bond acceptors (Lipinski definition) is 6. The molecule has 152 valence electrons. The fourth-order valence-corrected chi connectivity index (χ4v) is 4.58. The zero-order chi connectivity index (χ0) is 20.0. The molecule has 0 aromatic heterocycles. The van der Waals surface area contributed by atoms with Crippen LogP contribution in [-0.4, -0.2) is 66.3 Å². The number of rotatable bonds is 8. The Balaban J connectivity index is 1.64. The van der Waals surface area contributed by atoms with Crippen LogP contribution in [0.15, 0.2) is 53.4 Å². The molecular formula is C20H26N2O5S. The lowest BCUT2D eigenvalue weighted by Gasteiger charge is -2.35. The van der Waals surface area contributed by atoms with Gasteiger partial charge in [-0.2, -0.15) is 4.31 Å². The van der Waals surface area contributed by atoms with Crippen molar-refractivity contribution in [2.75, 3.05) is 58.5 Å². The van der Waals surface area contributed by atoms with Gasteiger partial charge in [-0.15, -0.1) is 0 Å². The Labute approximate surface area is 166 Å². The summed E-state index contributed by atoms with van der Waals surface area (Å²) in [6.07, 6.45) is 0. The van der Waals surface area contributed by atoms with E-state index in [0.717, 1.165) is 11.4 Å². The summed E-state index contributed by atoms with van der Waals surface area (Å²) in [4.78, 5) is 2.43. The van der Waals surface area contributed by atoms with Crippen molar-refractivity contribution in [2.24, 2.45) is 0 Å². The van der Waals surface area contributed by atoms with Gasteiger partial charge in [-0.05, 0) is 36.4 Å². The lowest BCUT2D eigenvalue weighted by molar-refractivity contribution is 0.146. The molecule has 7 nitrogen and oxygen atoms in total. The van der Waals surface area contributed by atoms with E-state index >= 15 is 0 Å². The van der Waals surface area contributed by atoms with Crippen LogP contribution in [0.1, 0.15) is 0 Å². The smallest absolute Gasteiger partial charge is 0.243 e. The maximum Gasteiger partial charge on any atom is 0.243 e. The monoisotopic (exact) mass is 406 g/mol. The number of hydrogen-bond donors (Lipinski definition) is 0. The molecule has 8 heteroatoms. The number of anilines is 1. The molecule has 0 unspecified atom stereocenters. The van der Waals surface area contributed by atoms with Crippen molar-refractivity contribution in [1.29, 1.82) is 0 Å². The van der Waals surface area contributed by atoms with Gasteiger partial charge in [0.2, 0.25) is 10.0 Å². The van der Waals surface area contributed by atoms with Crippen molar-refractivity contribution in [2.45, 2.75) is 4.90 Å². The Morgan fingerprint density at radius 3 is 2.21 bits per heavy atom. The van der Waals surface area contributed by atoms with Crippen molar-refractivity contribution in [3.63, 3.8) is 0 Å². The highest BCUT2D eigenvalue weighted by atomic mass is 32.2. The van der Waals surface area contributed by atoms with E-state index in [0.29, 0.717) is 45.1 Å². The number of methoxy groups -OCH3 is 2. The number of piperazine rings is 1. The van der Waals surface area contributed by atoms with E-state index in [4.69, 9.17) is 14.2 Å². The molecule has 0 amide bonds. The molecule has 0 spiro atoms. The highest BCUT2D eigenvalue weighted by molar-refractivity contribution is 7.89. The van der Waals surface area contributed by atoms with Gasteiger partial charge in [0.05, 0.1) is 24.3 Å². The van der Waals surface area contributed by atoms with Crippen molar-refractivity contribution >= 4 is 15.7 Å². The van der Waals surface area contributed by atoms with Crippen LogP contribution < -0.4 is 14.4 Å². The second-order valence-corrected chi connectivity index (χ2v) is 8.31. The molecule has 1 heterocycles. The van der Waals surface area contributed by atoms with Gasteiger partial charge < -0.3 is 19.1 Å². The van der Waals surface area contributed by atoms with Crippen molar-refractivity contribution in [3.05, 3.63) is 48.5 Å². The molecule has 28 heavy (non-hydrogen) atoms.